The van der Waals surface area contributed by atoms with Gasteiger partial charge in [0.15, 0.2) is 0 Å². The SMILES string of the molecule is COCCN(C)C(=O)c1ccc2c(S(C)=O)cn(-c3ncc(-c4ccccc4F)cn3)c2c1. The highest BCUT2D eigenvalue weighted by atomic mass is 32.2. The van der Waals surface area contributed by atoms with Crippen LogP contribution in [0.25, 0.3) is 28.0 Å². The number of aromatic nitrogens is 3. The lowest BCUT2D eigenvalue weighted by atomic mass is 10.1. The topological polar surface area (TPSA) is 77.3 Å². The maximum atomic E-state index is 14.1. The molecule has 0 aliphatic carbocycles. The number of nitrogens with zero attached hydrogens (tertiary/aromatic N) is 4. The second-order valence-corrected chi connectivity index (χ2v) is 8.87. The van der Waals surface area contributed by atoms with Crippen LogP contribution < -0.4 is 0 Å². The molecular weight excluding hydrogens is 443 g/mol. The standard InChI is InChI=1S/C24H23FN4O3S/c1-28(10-11-32-2)23(30)16-8-9-19-21(12-16)29(15-22(19)33(3)31)24-26-13-17(14-27-24)18-6-4-5-7-20(18)25/h4-9,12-15H,10-11H2,1-3H3. The number of likely N-dealkylation sites (N-methyl/N-ethyl adjacent to an activating group) is 1. The Bertz CT molecular complexity index is 1340. The summed E-state index contributed by atoms with van der Waals surface area (Å²) in [7, 11) is 2.03. The van der Waals surface area contributed by atoms with Crippen LogP contribution in [0, 0.1) is 5.82 Å². The molecule has 2 aromatic carbocycles. The molecule has 0 radical (unpaired) electrons. The summed E-state index contributed by atoms with van der Waals surface area (Å²) in [5.41, 5.74) is 2.09. The molecule has 1 atom stereocenters. The lowest BCUT2D eigenvalue weighted by Crippen LogP contribution is -2.29. The lowest BCUT2D eigenvalue weighted by Gasteiger charge is -2.16. The van der Waals surface area contributed by atoms with E-state index in [9.17, 15) is 13.4 Å². The predicted molar refractivity (Wildman–Crippen MR) is 125 cm³/mol. The number of ether oxygens (including phenoxy) is 1. The van der Waals surface area contributed by atoms with Gasteiger partial charge in [-0.05, 0) is 18.2 Å². The van der Waals surface area contributed by atoms with Crippen LogP contribution in [0.4, 0.5) is 4.39 Å². The van der Waals surface area contributed by atoms with Crippen LogP contribution in [0.5, 0.6) is 0 Å². The van der Waals surface area contributed by atoms with Crippen LogP contribution in [0.2, 0.25) is 0 Å². The van der Waals surface area contributed by atoms with Crippen molar-refractivity contribution in [3.05, 3.63) is 72.4 Å². The molecule has 1 unspecified atom stereocenters. The van der Waals surface area contributed by atoms with Crippen LogP contribution in [0.15, 0.2) is 66.0 Å². The van der Waals surface area contributed by atoms with Gasteiger partial charge >= 0.3 is 0 Å². The van der Waals surface area contributed by atoms with E-state index in [0.717, 1.165) is 5.39 Å². The number of rotatable bonds is 7. The third kappa shape index (κ3) is 4.55. The van der Waals surface area contributed by atoms with Gasteiger partial charge in [0, 0.05) is 67.6 Å². The summed E-state index contributed by atoms with van der Waals surface area (Å²) >= 11 is 0. The zero-order valence-electron chi connectivity index (χ0n) is 18.5. The molecule has 0 N–H and O–H groups in total. The van der Waals surface area contributed by atoms with E-state index < -0.39 is 10.8 Å². The number of carbonyl (C=O) groups excluding carboxylic acids is 1. The largest absolute Gasteiger partial charge is 0.383 e. The number of halogens is 1. The minimum atomic E-state index is -1.26. The maximum Gasteiger partial charge on any atom is 0.253 e. The molecule has 170 valence electrons. The Hall–Kier alpha value is -3.43. The van der Waals surface area contributed by atoms with Gasteiger partial charge in [-0.25, -0.2) is 14.4 Å². The van der Waals surface area contributed by atoms with E-state index in [-0.39, 0.29) is 11.7 Å². The van der Waals surface area contributed by atoms with Crippen molar-refractivity contribution in [2.24, 2.45) is 0 Å². The molecule has 0 saturated heterocycles. The monoisotopic (exact) mass is 466 g/mol. The van der Waals surface area contributed by atoms with E-state index in [1.807, 2.05) is 0 Å². The van der Waals surface area contributed by atoms with E-state index in [4.69, 9.17) is 4.74 Å². The summed E-state index contributed by atoms with van der Waals surface area (Å²) in [6.45, 7) is 0.890. The van der Waals surface area contributed by atoms with Crippen molar-refractivity contribution in [2.75, 3.05) is 33.6 Å². The van der Waals surface area contributed by atoms with E-state index in [2.05, 4.69) is 9.97 Å². The Morgan fingerprint density at radius 1 is 1.18 bits per heavy atom. The minimum absolute atomic E-state index is 0.156. The third-order valence-corrected chi connectivity index (χ3v) is 6.29. The van der Waals surface area contributed by atoms with Crippen LogP contribution in [-0.4, -0.2) is 63.1 Å². The molecule has 0 aliphatic heterocycles. The van der Waals surface area contributed by atoms with Crippen molar-refractivity contribution >= 4 is 27.6 Å². The molecule has 2 heterocycles. The first-order valence-electron chi connectivity index (χ1n) is 10.2. The van der Waals surface area contributed by atoms with E-state index >= 15 is 0 Å². The zero-order valence-corrected chi connectivity index (χ0v) is 19.3. The Morgan fingerprint density at radius 3 is 2.58 bits per heavy atom. The fraction of sp³-hybridized carbons (Fsp3) is 0.208. The molecule has 0 spiro atoms. The number of fused-ring (bicyclic) bond motifs is 1. The van der Waals surface area contributed by atoms with Crippen molar-refractivity contribution in [1.29, 1.82) is 0 Å². The first-order valence-corrected chi connectivity index (χ1v) is 11.8. The van der Waals surface area contributed by atoms with Crippen LogP contribution >= 0.6 is 0 Å². The van der Waals surface area contributed by atoms with E-state index in [1.54, 1.807) is 84.9 Å². The quantitative estimate of drug-likeness (QED) is 0.415. The van der Waals surface area contributed by atoms with Crippen LogP contribution in [-0.2, 0) is 15.5 Å². The second-order valence-electron chi connectivity index (χ2n) is 7.52. The molecular formula is C24H23FN4O3S. The number of methoxy groups -OCH3 is 1. The van der Waals surface area contributed by atoms with Crippen LogP contribution in [0.3, 0.4) is 0 Å². The molecule has 0 aliphatic rings. The summed E-state index contributed by atoms with van der Waals surface area (Å²) in [5, 5.41) is 0.744. The smallest absolute Gasteiger partial charge is 0.253 e. The molecule has 0 bridgehead atoms. The van der Waals surface area contributed by atoms with Crippen molar-refractivity contribution in [2.45, 2.75) is 4.90 Å². The molecule has 9 heteroatoms. The highest BCUT2D eigenvalue weighted by molar-refractivity contribution is 7.84. The summed E-state index contributed by atoms with van der Waals surface area (Å²) < 4.78 is 33.2. The lowest BCUT2D eigenvalue weighted by molar-refractivity contribution is 0.0744. The van der Waals surface area contributed by atoms with Gasteiger partial charge in [-0.1, -0.05) is 24.3 Å². The van der Waals surface area contributed by atoms with Crippen molar-refractivity contribution in [3.8, 4) is 17.1 Å². The Labute approximate surface area is 193 Å². The fourth-order valence-corrected chi connectivity index (χ4v) is 4.29. The summed E-state index contributed by atoms with van der Waals surface area (Å²) in [6.07, 6.45) is 6.39. The van der Waals surface area contributed by atoms with Gasteiger partial charge in [-0.2, -0.15) is 0 Å². The van der Waals surface area contributed by atoms with Crippen molar-refractivity contribution < 1.29 is 18.1 Å². The van der Waals surface area contributed by atoms with E-state index in [1.165, 1.54) is 6.07 Å². The molecule has 7 nitrogen and oxygen atoms in total. The summed E-state index contributed by atoms with van der Waals surface area (Å²) in [6, 6.07) is 11.7. The predicted octanol–water partition coefficient (Wildman–Crippen LogP) is 3.68. The molecule has 33 heavy (non-hydrogen) atoms. The molecule has 0 saturated carbocycles. The number of hydrogen-bond donors (Lipinski definition) is 0. The minimum Gasteiger partial charge on any atom is -0.383 e. The average molecular weight is 467 g/mol. The third-order valence-electron chi connectivity index (χ3n) is 5.34. The second kappa shape index (κ2) is 9.60. The average Bonchev–Trinajstić information content (AvgIpc) is 3.21. The highest BCUT2D eigenvalue weighted by Crippen LogP contribution is 2.28. The Kier molecular flexibility index (Phi) is 6.62. The summed E-state index contributed by atoms with van der Waals surface area (Å²) in [5.74, 6) is -0.185. The molecule has 2 aromatic heterocycles. The van der Waals surface area contributed by atoms with Gasteiger partial charge < -0.3 is 9.64 Å². The number of carbonyl (C=O) groups is 1. The molecule has 0 fully saturated rings. The maximum absolute atomic E-state index is 14.1. The first-order chi connectivity index (χ1) is 15.9. The first kappa shape index (κ1) is 22.8. The van der Waals surface area contributed by atoms with Crippen molar-refractivity contribution in [1.82, 2.24) is 19.4 Å². The van der Waals surface area contributed by atoms with Gasteiger partial charge in [0.25, 0.3) is 5.91 Å². The van der Waals surface area contributed by atoms with Gasteiger partial charge in [0.1, 0.15) is 5.82 Å². The molecule has 1 amide bonds. The van der Waals surface area contributed by atoms with Crippen LogP contribution in [0.1, 0.15) is 10.4 Å². The van der Waals surface area contributed by atoms with Gasteiger partial charge in [-0.3, -0.25) is 13.6 Å². The summed E-state index contributed by atoms with van der Waals surface area (Å²) in [4.78, 5) is 23.9. The van der Waals surface area contributed by atoms with Gasteiger partial charge in [0.05, 0.1) is 27.8 Å². The molecule has 4 aromatic rings. The zero-order chi connectivity index (χ0) is 23.5. The molecule has 4 rings (SSSR count). The highest BCUT2D eigenvalue weighted by Gasteiger charge is 2.18. The number of benzene rings is 2. The Morgan fingerprint density at radius 2 is 1.91 bits per heavy atom. The number of hydrogen-bond acceptors (Lipinski definition) is 5. The van der Waals surface area contributed by atoms with Gasteiger partial charge in [-0.15, -0.1) is 0 Å². The fourth-order valence-electron chi connectivity index (χ4n) is 3.55. The Balaban J connectivity index is 1.77. The van der Waals surface area contributed by atoms with Gasteiger partial charge in [0.2, 0.25) is 5.95 Å². The van der Waals surface area contributed by atoms with Crippen molar-refractivity contribution in [3.63, 3.8) is 0 Å². The van der Waals surface area contributed by atoms with E-state index in [0.29, 0.717) is 46.2 Å². The number of amides is 1. The normalized spacial score (nSPS) is 12.1.